The van der Waals surface area contributed by atoms with Crippen LogP contribution in [0.3, 0.4) is 0 Å². The molecule has 1 aromatic heterocycles. The fourth-order valence-corrected chi connectivity index (χ4v) is 1.81. The van der Waals surface area contributed by atoms with Gasteiger partial charge < -0.3 is 14.4 Å². The maximum atomic E-state index is 12.4. The number of hydrogen-bond donors (Lipinski definition) is 1. The average molecular weight is 284 g/mol. The summed E-state index contributed by atoms with van der Waals surface area (Å²) in [4.78, 5) is 24.6. The first-order valence-electron chi connectivity index (χ1n) is 6.19. The highest BCUT2D eigenvalue weighted by Crippen LogP contribution is 2.18. The van der Waals surface area contributed by atoms with Gasteiger partial charge in [-0.1, -0.05) is 18.2 Å². The molecule has 0 radical (unpaired) electrons. The first kappa shape index (κ1) is 14.3. The van der Waals surface area contributed by atoms with Gasteiger partial charge in [0.15, 0.2) is 5.76 Å². The minimum absolute atomic E-state index is 0.0748. The van der Waals surface area contributed by atoms with Crippen molar-refractivity contribution in [1.29, 1.82) is 5.26 Å². The number of carbonyl (C=O) groups excluding carboxylic acids is 1. The number of aromatic carboxylic acids is 1. The summed E-state index contributed by atoms with van der Waals surface area (Å²) in [5.41, 5.74) is 0.526. The van der Waals surface area contributed by atoms with Crippen LogP contribution in [0, 0.1) is 11.3 Å². The Balaban J connectivity index is 2.29. The molecule has 1 N–H and O–H groups in total. The van der Waals surface area contributed by atoms with E-state index >= 15 is 0 Å². The molecule has 0 unspecified atom stereocenters. The number of amides is 1. The van der Waals surface area contributed by atoms with Crippen molar-refractivity contribution in [3.05, 3.63) is 54.0 Å². The normalized spacial score (nSPS) is 9.86. The van der Waals surface area contributed by atoms with E-state index in [1.807, 2.05) is 12.1 Å². The molecule has 0 atom stereocenters. The van der Waals surface area contributed by atoms with Crippen LogP contribution in [-0.2, 0) is 0 Å². The van der Waals surface area contributed by atoms with Crippen LogP contribution in [0.25, 0.3) is 0 Å². The van der Waals surface area contributed by atoms with Crippen LogP contribution >= 0.6 is 0 Å². The molecule has 0 aliphatic carbocycles. The van der Waals surface area contributed by atoms with Crippen molar-refractivity contribution >= 4 is 17.6 Å². The number of nitriles is 1. The largest absolute Gasteiger partial charge is 0.478 e. The van der Waals surface area contributed by atoms with E-state index in [2.05, 4.69) is 0 Å². The van der Waals surface area contributed by atoms with Gasteiger partial charge in [0.05, 0.1) is 18.1 Å². The Bertz CT molecular complexity index is 685. The Kier molecular flexibility index (Phi) is 4.36. The zero-order valence-corrected chi connectivity index (χ0v) is 11.0. The van der Waals surface area contributed by atoms with E-state index in [0.717, 1.165) is 6.26 Å². The number of para-hydroxylation sites is 1. The van der Waals surface area contributed by atoms with Gasteiger partial charge in [-0.25, -0.2) is 4.79 Å². The predicted octanol–water partition coefficient (Wildman–Crippen LogP) is 2.54. The smallest absolute Gasteiger partial charge is 0.338 e. The highest BCUT2D eigenvalue weighted by atomic mass is 16.4. The molecule has 0 saturated carbocycles. The molecule has 0 bridgehead atoms. The predicted molar refractivity (Wildman–Crippen MR) is 74.0 cm³/mol. The molecule has 0 aliphatic rings. The second-order valence-corrected chi connectivity index (χ2v) is 4.21. The molecule has 21 heavy (non-hydrogen) atoms. The topological polar surface area (TPSA) is 94.5 Å². The third-order valence-corrected chi connectivity index (χ3v) is 2.82. The summed E-state index contributed by atoms with van der Waals surface area (Å²) in [5.74, 6) is -1.72. The zero-order valence-electron chi connectivity index (χ0n) is 11.0. The van der Waals surface area contributed by atoms with Crippen molar-refractivity contribution in [3.63, 3.8) is 0 Å². The van der Waals surface area contributed by atoms with Crippen molar-refractivity contribution in [1.82, 2.24) is 0 Å². The zero-order chi connectivity index (χ0) is 15.2. The molecule has 6 nitrogen and oxygen atoms in total. The third-order valence-electron chi connectivity index (χ3n) is 2.82. The van der Waals surface area contributed by atoms with Crippen molar-refractivity contribution in [2.75, 3.05) is 11.4 Å². The van der Waals surface area contributed by atoms with Crippen LogP contribution in [0.2, 0.25) is 0 Å². The Morgan fingerprint density at radius 3 is 2.57 bits per heavy atom. The van der Waals surface area contributed by atoms with Crippen LogP contribution in [-0.4, -0.2) is 23.5 Å². The van der Waals surface area contributed by atoms with Gasteiger partial charge in [0.1, 0.15) is 6.26 Å². The van der Waals surface area contributed by atoms with Gasteiger partial charge in [-0.15, -0.1) is 0 Å². The molecule has 0 fully saturated rings. The van der Waals surface area contributed by atoms with Crippen LogP contribution < -0.4 is 4.90 Å². The minimum atomic E-state index is -1.17. The quantitative estimate of drug-likeness (QED) is 0.910. The molecule has 1 heterocycles. The number of carboxylic acid groups (broad SMARTS) is 1. The van der Waals surface area contributed by atoms with E-state index in [9.17, 15) is 9.59 Å². The van der Waals surface area contributed by atoms with E-state index in [0.29, 0.717) is 5.69 Å². The lowest BCUT2D eigenvalue weighted by Crippen LogP contribution is -2.31. The highest BCUT2D eigenvalue weighted by molar-refractivity contribution is 6.05. The van der Waals surface area contributed by atoms with Gasteiger partial charge in [-0.3, -0.25) is 4.79 Å². The summed E-state index contributed by atoms with van der Waals surface area (Å²) in [6, 6.07) is 12.0. The Hall–Kier alpha value is -3.07. The van der Waals surface area contributed by atoms with E-state index in [4.69, 9.17) is 14.8 Å². The lowest BCUT2D eigenvalue weighted by atomic mass is 10.2. The van der Waals surface area contributed by atoms with Crippen LogP contribution in [0.4, 0.5) is 5.69 Å². The number of rotatable bonds is 5. The minimum Gasteiger partial charge on any atom is -0.478 e. The summed E-state index contributed by atoms with van der Waals surface area (Å²) in [5, 5.41) is 17.6. The Morgan fingerprint density at radius 2 is 2.00 bits per heavy atom. The first-order chi connectivity index (χ1) is 10.1. The van der Waals surface area contributed by atoms with E-state index < -0.39 is 11.9 Å². The summed E-state index contributed by atoms with van der Waals surface area (Å²) in [6.07, 6.45) is 1.18. The van der Waals surface area contributed by atoms with E-state index in [-0.39, 0.29) is 24.3 Å². The Morgan fingerprint density at radius 1 is 1.29 bits per heavy atom. The first-order valence-corrected chi connectivity index (χ1v) is 6.19. The molecular weight excluding hydrogens is 272 g/mol. The number of hydrogen-bond acceptors (Lipinski definition) is 4. The van der Waals surface area contributed by atoms with Gasteiger partial charge in [0, 0.05) is 18.3 Å². The molecule has 0 saturated heterocycles. The molecule has 1 amide bonds. The monoisotopic (exact) mass is 284 g/mol. The lowest BCUT2D eigenvalue weighted by molar-refractivity contribution is 0.0696. The molecule has 0 aliphatic heterocycles. The molecule has 0 spiro atoms. The lowest BCUT2D eigenvalue weighted by Gasteiger charge is -2.20. The molecule has 2 aromatic rings. The summed E-state index contributed by atoms with van der Waals surface area (Å²) < 4.78 is 5.02. The van der Waals surface area contributed by atoms with Crippen molar-refractivity contribution < 1.29 is 19.1 Å². The number of nitrogens with zero attached hydrogens (tertiary/aromatic N) is 2. The van der Waals surface area contributed by atoms with Crippen molar-refractivity contribution in [3.8, 4) is 6.07 Å². The third kappa shape index (κ3) is 3.28. The number of furan rings is 1. The van der Waals surface area contributed by atoms with Gasteiger partial charge in [-0.05, 0) is 12.1 Å². The van der Waals surface area contributed by atoms with E-state index in [1.54, 1.807) is 24.3 Å². The van der Waals surface area contributed by atoms with Crippen LogP contribution in [0.15, 0.2) is 47.1 Å². The maximum Gasteiger partial charge on any atom is 0.338 e. The molecule has 106 valence electrons. The van der Waals surface area contributed by atoms with Gasteiger partial charge in [0.25, 0.3) is 5.91 Å². The van der Waals surface area contributed by atoms with Crippen LogP contribution in [0.5, 0.6) is 0 Å². The SMILES string of the molecule is N#CCCN(C(=O)c1cc(C(=O)O)co1)c1ccccc1. The van der Waals surface area contributed by atoms with Gasteiger partial charge >= 0.3 is 5.97 Å². The average Bonchev–Trinajstić information content (AvgIpc) is 2.98. The number of benzene rings is 1. The molecule has 2 rings (SSSR count). The maximum absolute atomic E-state index is 12.4. The highest BCUT2D eigenvalue weighted by Gasteiger charge is 2.22. The fraction of sp³-hybridized carbons (Fsp3) is 0.133. The van der Waals surface area contributed by atoms with Crippen molar-refractivity contribution in [2.24, 2.45) is 0 Å². The standard InChI is InChI=1S/C15H12N2O4/c16-7-4-8-17(12-5-2-1-3-6-12)14(18)13-9-11(10-21-13)15(19)20/h1-3,5-6,9-10H,4,8H2,(H,19,20). The summed E-state index contributed by atoms with van der Waals surface area (Å²) >= 11 is 0. The fourth-order valence-electron chi connectivity index (χ4n) is 1.81. The van der Waals surface area contributed by atoms with E-state index in [1.165, 1.54) is 11.0 Å². The summed E-state index contributed by atoms with van der Waals surface area (Å²) in [7, 11) is 0. The van der Waals surface area contributed by atoms with Gasteiger partial charge in [-0.2, -0.15) is 5.26 Å². The molecular formula is C15H12N2O4. The van der Waals surface area contributed by atoms with Crippen molar-refractivity contribution in [2.45, 2.75) is 6.42 Å². The van der Waals surface area contributed by atoms with Crippen LogP contribution in [0.1, 0.15) is 27.3 Å². The molecule has 1 aromatic carbocycles. The molecule has 6 heteroatoms. The summed E-state index contributed by atoms with van der Waals surface area (Å²) in [6.45, 7) is 0.197. The second-order valence-electron chi connectivity index (χ2n) is 4.21. The van der Waals surface area contributed by atoms with Gasteiger partial charge in [0.2, 0.25) is 0 Å². The number of carboxylic acids is 1. The number of carbonyl (C=O) groups is 2. The number of anilines is 1. The second kappa shape index (κ2) is 6.39. The Labute approximate surface area is 120 Å².